The maximum Gasteiger partial charge on any atom is 0.446 e. The molecule has 2 atom stereocenters. The van der Waals surface area contributed by atoms with Gasteiger partial charge in [0.05, 0.1) is 19.1 Å². The molecule has 1 saturated heterocycles. The van der Waals surface area contributed by atoms with E-state index in [0.29, 0.717) is 12.3 Å². The van der Waals surface area contributed by atoms with Crippen molar-refractivity contribution in [3.05, 3.63) is 24.3 Å². The van der Waals surface area contributed by atoms with E-state index in [4.69, 9.17) is 10.5 Å². The highest BCUT2D eigenvalue weighted by Gasteiger charge is 2.31. The SMILES string of the molecule is NC1COCC1C(=O)Nc1ccc(SC(F)(F)F)cc1. The van der Waals surface area contributed by atoms with E-state index >= 15 is 0 Å². The van der Waals surface area contributed by atoms with Gasteiger partial charge in [0.25, 0.3) is 0 Å². The van der Waals surface area contributed by atoms with Crippen LogP contribution in [0.25, 0.3) is 0 Å². The zero-order valence-electron chi connectivity index (χ0n) is 10.3. The summed E-state index contributed by atoms with van der Waals surface area (Å²) >= 11 is -0.199. The highest BCUT2D eigenvalue weighted by atomic mass is 32.2. The number of amides is 1. The smallest absolute Gasteiger partial charge is 0.379 e. The van der Waals surface area contributed by atoms with Crippen LogP contribution in [-0.4, -0.2) is 30.7 Å². The molecule has 8 heteroatoms. The number of anilines is 1. The average Bonchev–Trinajstić information content (AvgIpc) is 2.76. The van der Waals surface area contributed by atoms with Crippen molar-refractivity contribution >= 4 is 23.4 Å². The summed E-state index contributed by atoms with van der Waals surface area (Å²) in [6.07, 6.45) is 0. The fourth-order valence-corrected chi connectivity index (χ4v) is 2.36. The van der Waals surface area contributed by atoms with Gasteiger partial charge in [0.2, 0.25) is 5.91 Å². The maximum atomic E-state index is 12.2. The molecule has 2 rings (SSSR count). The van der Waals surface area contributed by atoms with Crippen molar-refractivity contribution in [3.63, 3.8) is 0 Å². The first kappa shape index (κ1) is 15.1. The van der Waals surface area contributed by atoms with Gasteiger partial charge in [-0.3, -0.25) is 4.79 Å². The Morgan fingerprint density at radius 3 is 2.45 bits per heavy atom. The van der Waals surface area contributed by atoms with Crippen LogP contribution in [0.1, 0.15) is 0 Å². The molecule has 0 spiro atoms. The number of ether oxygens (including phenoxy) is 1. The second kappa shape index (κ2) is 6.02. The van der Waals surface area contributed by atoms with Gasteiger partial charge < -0.3 is 15.8 Å². The van der Waals surface area contributed by atoms with Crippen LogP contribution in [0.2, 0.25) is 0 Å². The van der Waals surface area contributed by atoms with Crippen molar-refractivity contribution in [2.45, 2.75) is 16.4 Å². The normalized spacial score (nSPS) is 22.8. The molecule has 0 bridgehead atoms. The Bertz CT molecular complexity index is 479. The molecule has 0 radical (unpaired) electrons. The van der Waals surface area contributed by atoms with Crippen molar-refractivity contribution in [2.24, 2.45) is 11.7 Å². The second-order valence-electron chi connectivity index (χ2n) is 4.37. The zero-order chi connectivity index (χ0) is 14.8. The lowest BCUT2D eigenvalue weighted by Gasteiger charge is -2.13. The van der Waals surface area contributed by atoms with Crippen molar-refractivity contribution in [3.8, 4) is 0 Å². The molecule has 1 fully saturated rings. The summed E-state index contributed by atoms with van der Waals surface area (Å²) in [4.78, 5) is 11.9. The molecule has 2 unspecified atom stereocenters. The molecule has 110 valence electrons. The highest BCUT2D eigenvalue weighted by molar-refractivity contribution is 8.00. The minimum atomic E-state index is -4.32. The Hall–Kier alpha value is -1.25. The summed E-state index contributed by atoms with van der Waals surface area (Å²) in [5.74, 6) is -0.717. The fraction of sp³-hybridized carbons (Fsp3) is 0.417. The fourth-order valence-electron chi connectivity index (χ4n) is 1.82. The number of nitrogens with two attached hydrogens (primary N) is 1. The van der Waals surface area contributed by atoms with Gasteiger partial charge in [0.1, 0.15) is 0 Å². The van der Waals surface area contributed by atoms with Crippen LogP contribution in [0.3, 0.4) is 0 Å². The van der Waals surface area contributed by atoms with Gasteiger partial charge in [0, 0.05) is 16.6 Å². The van der Waals surface area contributed by atoms with Crippen LogP contribution < -0.4 is 11.1 Å². The topological polar surface area (TPSA) is 64.3 Å². The van der Waals surface area contributed by atoms with Crippen LogP contribution in [0.5, 0.6) is 0 Å². The molecule has 0 saturated carbocycles. The first-order valence-electron chi connectivity index (χ1n) is 5.85. The summed E-state index contributed by atoms with van der Waals surface area (Å²) in [5, 5.41) is 2.61. The summed E-state index contributed by atoms with van der Waals surface area (Å²) in [7, 11) is 0. The molecule has 1 aliphatic rings. The Balaban J connectivity index is 1.95. The van der Waals surface area contributed by atoms with E-state index in [1.165, 1.54) is 24.3 Å². The lowest BCUT2D eigenvalue weighted by Crippen LogP contribution is -2.37. The molecular formula is C12H13F3N2O2S. The number of benzene rings is 1. The largest absolute Gasteiger partial charge is 0.446 e. The van der Waals surface area contributed by atoms with Crippen molar-refractivity contribution < 1.29 is 22.7 Å². The number of carbonyl (C=O) groups is 1. The number of thioether (sulfide) groups is 1. The average molecular weight is 306 g/mol. The van der Waals surface area contributed by atoms with E-state index in [1.807, 2.05) is 0 Å². The molecule has 4 nitrogen and oxygen atoms in total. The van der Waals surface area contributed by atoms with Crippen LogP contribution in [0.4, 0.5) is 18.9 Å². The lowest BCUT2D eigenvalue weighted by molar-refractivity contribution is -0.120. The first-order chi connectivity index (χ1) is 9.35. The van der Waals surface area contributed by atoms with Crippen LogP contribution in [-0.2, 0) is 9.53 Å². The minimum Gasteiger partial charge on any atom is -0.379 e. The molecule has 1 amide bonds. The summed E-state index contributed by atoms with van der Waals surface area (Å²) in [6.45, 7) is 0.592. The van der Waals surface area contributed by atoms with Crippen LogP contribution >= 0.6 is 11.8 Å². The predicted molar refractivity (Wildman–Crippen MR) is 69.3 cm³/mol. The molecule has 0 aromatic heterocycles. The lowest BCUT2D eigenvalue weighted by atomic mass is 10.0. The van der Waals surface area contributed by atoms with E-state index < -0.39 is 11.4 Å². The van der Waals surface area contributed by atoms with E-state index in [0.717, 1.165) is 0 Å². The third kappa shape index (κ3) is 4.12. The summed E-state index contributed by atoms with van der Waals surface area (Å²) in [5.41, 5.74) is 1.82. The molecule has 1 heterocycles. The third-order valence-electron chi connectivity index (χ3n) is 2.82. The number of hydrogen-bond donors (Lipinski definition) is 2. The summed E-state index contributed by atoms with van der Waals surface area (Å²) in [6, 6.07) is 5.10. The van der Waals surface area contributed by atoms with Crippen LogP contribution in [0.15, 0.2) is 29.2 Å². The Kier molecular flexibility index (Phi) is 4.56. The predicted octanol–water partition coefficient (Wildman–Crippen LogP) is 2.21. The van der Waals surface area contributed by atoms with Gasteiger partial charge in [0.15, 0.2) is 0 Å². The van der Waals surface area contributed by atoms with Crippen LogP contribution in [0, 0.1) is 5.92 Å². The van der Waals surface area contributed by atoms with Crippen molar-refractivity contribution in [1.29, 1.82) is 0 Å². The van der Waals surface area contributed by atoms with Gasteiger partial charge in [-0.1, -0.05) is 0 Å². The highest BCUT2D eigenvalue weighted by Crippen LogP contribution is 2.37. The van der Waals surface area contributed by atoms with Gasteiger partial charge >= 0.3 is 5.51 Å². The number of nitrogens with one attached hydrogen (secondary N) is 1. The monoisotopic (exact) mass is 306 g/mol. The van der Waals surface area contributed by atoms with Gasteiger partial charge in [-0.05, 0) is 36.0 Å². The van der Waals surface area contributed by atoms with E-state index in [1.54, 1.807) is 0 Å². The Morgan fingerprint density at radius 1 is 1.30 bits per heavy atom. The number of halogens is 3. The second-order valence-corrected chi connectivity index (χ2v) is 5.51. The molecule has 1 aromatic rings. The Labute approximate surface area is 117 Å². The molecule has 1 aromatic carbocycles. The number of hydrogen-bond acceptors (Lipinski definition) is 4. The summed E-state index contributed by atoms with van der Waals surface area (Å²) < 4.78 is 41.6. The van der Waals surface area contributed by atoms with Gasteiger partial charge in [-0.15, -0.1) is 0 Å². The molecular weight excluding hydrogens is 293 g/mol. The van der Waals surface area contributed by atoms with Crippen molar-refractivity contribution in [2.75, 3.05) is 18.5 Å². The standard InChI is InChI=1S/C12H13F3N2O2S/c13-12(14,15)20-8-3-1-7(2-4-8)17-11(18)9-5-19-6-10(9)16/h1-4,9-10H,5-6,16H2,(H,17,18). The molecule has 1 aliphatic heterocycles. The first-order valence-corrected chi connectivity index (χ1v) is 6.67. The quantitative estimate of drug-likeness (QED) is 0.840. The molecule has 20 heavy (non-hydrogen) atoms. The zero-order valence-corrected chi connectivity index (χ0v) is 11.1. The Morgan fingerprint density at radius 2 is 1.95 bits per heavy atom. The number of carbonyl (C=O) groups excluding carboxylic acids is 1. The number of alkyl halides is 3. The number of rotatable bonds is 3. The van der Waals surface area contributed by atoms with E-state index in [2.05, 4.69) is 5.32 Å². The van der Waals surface area contributed by atoms with Gasteiger partial charge in [-0.2, -0.15) is 13.2 Å². The molecule has 0 aliphatic carbocycles. The minimum absolute atomic E-state index is 0.0661. The van der Waals surface area contributed by atoms with E-state index in [-0.39, 0.29) is 35.2 Å². The van der Waals surface area contributed by atoms with Crippen molar-refractivity contribution in [1.82, 2.24) is 0 Å². The molecule has 3 N–H and O–H groups in total. The van der Waals surface area contributed by atoms with E-state index in [9.17, 15) is 18.0 Å². The third-order valence-corrected chi connectivity index (χ3v) is 3.56. The van der Waals surface area contributed by atoms with Gasteiger partial charge in [-0.25, -0.2) is 0 Å². The maximum absolute atomic E-state index is 12.2.